The molecule has 2 heterocycles. The van der Waals surface area contributed by atoms with E-state index in [4.69, 9.17) is 27.9 Å². The topological polar surface area (TPSA) is 110 Å². The quantitative estimate of drug-likeness (QED) is 0.177. The second-order valence-electron chi connectivity index (χ2n) is 9.58. The number of rotatable bonds is 6. The van der Waals surface area contributed by atoms with Gasteiger partial charge in [-0.1, -0.05) is 53.5 Å². The summed E-state index contributed by atoms with van der Waals surface area (Å²) in [4.78, 5) is 21.5. The maximum atomic E-state index is 12.9. The lowest BCUT2D eigenvalue weighted by molar-refractivity contribution is 0.0562. The average molecular weight is 618 g/mol. The zero-order valence-electron chi connectivity index (χ0n) is 21.8. The van der Waals surface area contributed by atoms with Gasteiger partial charge < -0.3 is 4.74 Å². The monoisotopic (exact) mass is 616 g/mol. The van der Waals surface area contributed by atoms with E-state index in [0.717, 1.165) is 33.7 Å². The molecule has 0 saturated heterocycles. The number of benzene rings is 2. The van der Waals surface area contributed by atoms with Gasteiger partial charge in [0.2, 0.25) is 5.96 Å². The molecule has 0 aliphatic carbocycles. The Hall–Kier alpha value is -3.44. The van der Waals surface area contributed by atoms with Crippen LogP contribution in [0, 0.1) is 0 Å². The van der Waals surface area contributed by atoms with Gasteiger partial charge in [0, 0.05) is 27.4 Å². The summed E-state index contributed by atoms with van der Waals surface area (Å²) in [5.74, 6) is -0.280. The number of sulfonamides is 1. The maximum Gasteiger partial charge on any atom is 0.414 e. The summed E-state index contributed by atoms with van der Waals surface area (Å²) in [5.41, 5.74) is 3.14. The molecule has 4 rings (SSSR count). The maximum absolute atomic E-state index is 12.9. The van der Waals surface area contributed by atoms with Crippen LogP contribution in [0.15, 0.2) is 87.5 Å². The van der Waals surface area contributed by atoms with Crippen molar-refractivity contribution in [3.63, 3.8) is 0 Å². The van der Waals surface area contributed by atoms with E-state index < -0.39 is 21.7 Å². The Balaban J connectivity index is 1.69. The van der Waals surface area contributed by atoms with E-state index in [2.05, 4.69) is 20.0 Å². The Morgan fingerprint density at radius 1 is 1.00 bits per heavy atom. The molecular weight excluding hydrogens is 591 g/mol. The van der Waals surface area contributed by atoms with Crippen LogP contribution in [0.2, 0.25) is 10.0 Å². The third-order valence-electron chi connectivity index (χ3n) is 5.25. The number of aliphatic imine (C=N–C) groups is 1. The summed E-state index contributed by atoms with van der Waals surface area (Å²) >= 11 is 13.2. The van der Waals surface area contributed by atoms with Gasteiger partial charge in [-0.25, -0.2) is 22.9 Å². The zero-order chi connectivity index (χ0) is 28.9. The SMILES string of the molecule is CC(C)(C)OC(=O)NC(=NCc1cnc(-c2ccc(Cl)cc2)c(-c2ccc(Cl)cc2)c1)NS(=O)(=O)c1cccs1. The van der Waals surface area contributed by atoms with Crippen LogP contribution in [0.25, 0.3) is 22.4 Å². The lowest BCUT2D eigenvalue weighted by atomic mass is 9.98. The largest absolute Gasteiger partial charge is 0.444 e. The number of pyridine rings is 1. The molecule has 0 saturated carbocycles. The van der Waals surface area contributed by atoms with Crippen LogP contribution >= 0.6 is 34.5 Å². The first kappa shape index (κ1) is 29.5. The highest BCUT2D eigenvalue weighted by molar-refractivity contribution is 7.92. The number of nitrogens with one attached hydrogen (secondary N) is 2. The normalized spacial score (nSPS) is 12.2. The highest BCUT2D eigenvalue weighted by Crippen LogP contribution is 2.32. The number of halogens is 2. The molecule has 0 unspecified atom stereocenters. The Morgan fingerprint density at radius 3 is 2.20 bits per heavy atom. The smallest absolute Gasteiger partial charge is 0.414 e. The second kappa shape index (κ2) is 12.4. The summed E-state index contributed by atoms with van der Waals surface area (Å²) in [6.45, 7) is 5.11. The second-order valence-corrected chi connectivity index (χ2v) is 13.3. The van der Waals surface area contributed by atoms with Gasteiger partial charge in [0.15, 0.2) is 0 Å². The molecule has 0 bridgehead atoms. The standard InChI is InChI=1S/C28H26Cl2N4O4S2/c1-28(2,3)38-27(35)33-26(34-40(36,37)24-5-4-14-39-24)32-17-18-15-23(19-6-10-21(29)11-7-19)25(31-16-18)20-8-12-22(30)13-9-20/h4-16H,17H2,1-3H3,(H2,32,33,34,35). The van der Waals surface area contributed by atoms with Crippen LogP contribution < -0.4 is 10.0 Å². The van der Waals surface area contributed by atoms with Crippen molar-refractivity contribution in [2.75, 3.05) is 0 Å². The Morgan fingerprint density at radius 2 is 1.62 bits per heavy atom. The van der Waals surface area contributed by atoms with E-state index in [1.165, 1.54) is 6.07 Å². The number of guanidine groups is 1. The first-order valence-electron chi connectivity index (χ1n) is 12.0. The highest BCUT2D eigenvalue weighted by atomic mass is 35.5. The minimum Gasteiger partial charge on any atom is -0.444 e. The van der Waals surface area contributed by atoms with Gasteiger partial charge in [0.25, 0.3) is 10.0 Å². The predicted molar refractivity (Wildman–Crippen MR) is 160 cm³/mol. The first-order valence-corrected chi connectivity index (χ1v) is 15.1. The molecule has 4 aromatic rings. The van der Waals surface area contributed by atoms with Crippen LogP contribution in [0.4, 0.5) is 4.79 Å². The number of hydrogen-bond donors (Lipinski definition) is 2. The number of nitrogens with zero attached hydrogens (tertiary/aromatic N) is 2. The number of carbonyl (C=O) groups is 1. The number of hydrogen-bond acceptors (Lipinski definition) is 7. The van der Waals surface area contributed by atoms with E-state index in [9.17, 15) is 13.2 Å². The van der Waals surface area contributed by atoms with Crippen LogP contribution in [-0.4, -0.2) is 31.1 Å². The van der Waals surface area contributed by atoms with Gasteiger partial charge >= 0.3 is 6.09 Å². The van der Waals surface area contributed by atoms with Crippen LogP contribution in [0.5, 0.6) is 0 Å². The molecular formula is C28H26Cl2N4O4S2. The van der Waals surface area contributed by atoms with Crippen molar-refractivity contribution in [3.05, 3.63) is 93.9 Å². The minimum absolute atomic E-state index is 0.00653. The van der Waals surface area contributed by atoms with E-state index in [-0.39, 0.29) is 16.7 Å². The summed E-state index contributed by atoms with van der Waals surface area (Å²) < 4.78 is 33.4. The molecule has 2 N–H and O–H groups in total. The van der Waals surface area contributed by atoms with Crippen LogP contribution in [-0.2, 0) is 21.3 Å². The molecule has 0 spiro atoms. The van der Waals surface area contributed by atoms with E-state index in [1.54, 1.807) is 62.7 Å². The molecule has 0 aliphatic heterocycles. The Labute approximate surface area is 247 Å². The molecule has 40 heavy (non-hydrogen) atoms. The summed E-state index contributed by atoms with van der Waals surface area (Å²) in [7, 11) is -3.98. The Kier molecular flexibility index (Phi) is 9.15. The number of ether oxygens (including phenoxy) is 1. The van der Waals surface area contributed by atoms with Gasteiger partial charge in [-0.3, -0.25) is 10.3 Å². The number of carbonyl (C=O) groups excluding carboxylic acids is 1. The van der Waals surface area contributed by atoms with Gasteiger partial charge in [-0.2, -0.15) is 0 Å². The van der Waals surface area contributed by atoms with Gasteiger partial charge in [-0.05, 0) is 73.7 Å². The third kappa shape index (κ3) is 8.04. The zero-order valence-corrected chi connectivity index (χ0v) is 25.0. The number of amides is 1. The molecule has 0 fully saturated rings. The number of alkyl carbamates (subject to hydrolysis) is 1. The van der Waals surface area contributed by atoms with Gasteiger partial charge in [0.1, 0.15) is 9.81 Å². The number of aromatic nitrogens is 1. The lowest BCUT2D eigenvalue weighted by Gasteiger charge is -2.20. The van der Waals surface area contributed by atoms with E-state index in [1.807, 2.05) is 30.3 Å². The highest BCUT2D eigenvalue weighted by Gasteiger charge is 2.22. The molecule has 12 heteroatoms. The van der Waals surface area contributed by atoms with Crippen LogP contribution in [0.3, 0.4) is 0 Å². The third-order valence-corrected chi connectivity index (χ3v) is 8.49. The molecule has 208 valence electrons. The van der Waals surface area contributed by atoms with Crippen molar-refractivity contribution >= 4 is 56.6 Å². The van der Waals surface area contributed by atoms with Gasteiger partial charge in [0.05, 0.1) is 12.2 Å². The van der Waals surface area contributed by atoms with Crippen molar-refractivity contribution in [2.24, 2.45) is 4.99 Å². The number of thiophene rings is 1. The average Bonchev–Trinajstić information content (AvgIpc) is 3.43. The molecule has 0 radical (unpaired) electrons. The summed E-state index contributed by atoms with van der Waals surface area (Å²) in [6.07, 6.45) is 0.796. The molecule has 0 atom stereocenters. The van der Waals surface area contributed by atoms with Gasteiger partial charge in [-0.15, -0.1) is 11.3 Å². The van der Waals surface area contributed by atoms with Crippen LogP contribution in [0.1, 0.15) is 26.3 Å². The van der Waals surface area contributed by atoms with Crippen molar-refractivity contribution in [1.82, 2.24) is 15.0 Å². The summed E-state index contributed by atoms with van der Waals surface area (Å²) in [5, 5.41) is 5.26. The van der Waals surface area contributed by atoms with Crippen molar-refractivity contribution < 1.29 is 17.9 Å². The fraction of sp³-hybridized carbons (Fsp3) is 0.179. The van der Waals surface area contributed by atoms with E-state index >= 15 is 0 Å². The molecule has 2 aromatic heterocycles. The molecule has 0 aliphatic rings. The van der Waals surface area contributed by atoms with Crippen molar-refractivity contribution in [1.29, 1.82) is 0 Å². The molecule has 8 nitrogen and oxygen atoms in total. The Bertz CT molecular complexity index is 1620. The fourth-order valence-corrected chi connectivity index (χ4v) is 5.77. The molecule has 1 amide bonds. The van der Waals surface area contributed by atoms with Crippen molar-refractivity contribution in [2.45, 2.75) is 37.1 Å². The van der Waals surface area contributed by atoms with Crippen molar-refractivity contribution in [3.8, 4) is 22.4 Å². The summed E-state index contributed by atoms with van der Waals surface area (Å²) in [6, 6.07) is 19.7. The lowest BCUT2D eigenvalue weighted by Crippen LogP contribution is -2.45. The molecule has 2 aromatic carbocycles. The minimum atomic E-state index is -3.98. The van der Waals surface area contributed by atoms with E-state index in [0.29, 0.717) is 15.6 Å². The predicted octanol–water partition coefficient (Wildman–Crippen LogP) is 7.14. The fourth-order valence-electron chi connectivity index (χ4n) is 3.54. The first-order chi connectivity index (χ1) is 18.9.